The summed E-state index contributed by atoms with van der Waals surface area (Å²) in [5.41, 5.74) is 0. The molecule has 26 heavy (non-hydrogen) atoms. The molecule has 1 aliphatic rings. The van der Waals surface area contributed by atoms with E-state index in [4.69, 9.17) is 9.84 Å². The fourth-order valence-electron chi connectivity index (χ4n) is 2.50. The summed E-state index contributed by atoms with van der Waals surface area (Å²) in [6.45, 7) is 2.81. The van der Waals surface area contributed by atoms with Gasteiger partial charge in [0.2, 0.25) is 17.6 Å². The van der Waals surface area contributed by atoms with E-state index < -0.39 is 48.1 Å². The number of ether oxygens (including phenoxy) is 1. The Balaban J connectivity index is 2.81. The molecular formula is C16H26N2O8. The fraction of sp³-hybridized carbons (Fsp3) is 0.688. The summed E-state index contributed by atoms with van der Waals surface area (Å²) in [5, 5.41) is 44.3. The number of hydrogen-bond donors (Lipinski definition) is 6. The molecule has 0 aliphatic carbocycles. The minimum Gasteiger partial charge on any atom is -0.478 e. The van der Waals surface area contributed by atoms with Gasteiger partial charge in [-0.15, -0.1) is 0 Å². The topological polar surface area (TPSA) is 165 Å². The smallest absolute Gasteiger partial charge is 0.370 e. The third-order valence-corrected chi connectivity index (χ3v) is 3.88. The Bertz CT molecular complexity index is 550. The molecular weight excluding hydrogens is 348 g/mol. The quantitative estimate of drug-likeness (QED) is 0.276. The lowest BCUT2D eigenvalue weighted by atomic mass is 9.93. The van der Waals surface area contributed by atoms with E-state index in [0.717, 1.165) is 12.5 Å². The summed E-state index contributed by atoms with van der Waals surface area (Å²) in [5.74, 6) is -2.91. The SMILES string of the molecule is CCCCC(=O)NCC(O)C(O)C1OC(C(=O)O)=C[C@@H](O)[C@H]1NC(C)=O. The zero-order valence-electron chi connectivity index (χ0n) is 14.7. The molecule has 10 nitrogen and oxygen atoms in total. The molecule has 10 heteroatoms. The second kappa shape index (κ2) is 10.1. The van der Waals surface area contributed by atoms with Crippen molar-refractivity contribution >= 4 is 17.8 Å². The van der Waals surface area contributed by atoms with Crippen LogP contribution in [0.15, 0.2) is 11.8 Å². The normalized spacial score (nSPS) is 24.7. The molecule has 3 unspecified atom stereocenters. The van der Waals surface area contributed by atoms with Crippen molar-refractivity contribution in [2.45, 2.75) is 63.6 Å². The number of carbonyl (C=O) groups is 3. The third kappa shape index (κ3) is 6.28. The van der Waals surface area contributed by atoms with Crippen LogP contribution in [0.1, 0.15) is 33.1 Å². The van der Waals surface area contributed by atoms with Gasteiger partial charge < -0.3 is 35.8 Å². The van der Waals surface area contributed by atoms with E-state index in [1.54, 1.807) is 0 Å². The summed E-state index contributed by atoms with van der Waals surface area (Å²) < 4.78 is 5.15. The standard InChI is InChI=1S/C16H26N2O8/c1-3-4-5-12(22)17-7-10(21)14(23)15-13(18-8(2)19)9(20)6-11(26-15)16(24)25/h6,9-10,13-15,20-21,23H,3-5,7H2,1-2H3,(H,17,22)(H,18,19)(H,24,25)/t9-,10?,13-,14?,15?/m1/s1. The molecule has 6 N–H and O–H groups in total. The minimum atomic E-state index is -1.67. The molecule has 0 spiro atoms. The van der Waals surface area contributed by atoms with Crippen LogP contribution < -0.4 is 10.6 Å². The average Bonchev–Trinajstić information content (AvgIpc) is 2.58. The number of amides is 2. The summed E-state index contributed by atoms with van der Waals surface area (Å²) in [6.07, 6.45) is -3.35. The third-order valence-electron chi connectivity index (χ3n) is 3.88. The average molecular weight is 374 g/mol. The van der Waals surface area contributed by atoms with E-state index in [2.05, 4.69) is 10.6 Å². The number of aliphatic carboxylic acids is 1. The largest absolute Gasteiger partial charge is 0.478 e. The van der Waals surface area contributed by atoms with Crippen LogP contribution in [-0.2, 0) is 19.1 Å². The van der Waals surface area contributed by atoms with Gasteiger partial charge in [-0.3, -0.25) is 9.59 Å². The number of carboxylic acid groups (broad SMARTS) is 1. The van der Waals surface area contributed by atoms with E-state index >= 15 is 0 Å². The van der Waals surface area contributed by atoms with Crippen molar-refractivity contribution in [2.24, 2.45) is 0 Å². The van der Waals surface area contributed by atoms with Crippen LogP contribution >= 0.6 is 0 Å². The summed E-state index contributed by atoms with van der Waals surface area (Å²) in [4.78, 5) is 34.0. The predicted octanol–water partition coefficient (Wildman–Crippen LogP) is -1.75. The minimum absolute atomic E-state index is 0.276. The molecule has 0 aromatic rings. The molecule has 0 aromatic carbocycles. The van der Waals surface area contributed by atoms with Gasteiger partial charge in [-0.25, -0.2) is 4.79 Å². The first-order valence-corrected chi connectivity index (χ1v) is 8.37. The van der Waals surface area contributed by atoms with Crippen LogP contribution in [0.2, 0.25) is 0 Å². The number of nitrogens with one attached hydrogen (secondary N) is 2. The van der Waals surface area contributed by atoms with Gasteiger partial charge in [0.1, 0.15) is 18.3 Å². The number of aliphatic hydroxyl groups is 3. The van der Waals surface area contributed by atoms with E-state index in [1.165, 1.54) is 6.92 Å². The summed E-state index contributed by atoms with van der Waals surface area (Å²) in [7, 11) is 0. The Labute approximate surface area is 150 Å². The molecule has 148 valence electrons. The van der Waals surface area contributed by atoms with Gasteiger partial charge in [0.05, 0.1) is 6.04 Å². The van der Waals surface area contributed by atoms with E-state index in [1.807, 2.05) is 6.92 Å². The molecule has 1 rings (SSSR count). The van der Waals surface area contributed by atoms with E-state index in [9.17, 15) is 29.7 Å². The summed E-state index contributed by atoms with van der Waals surface area (Å²) >= 11 is 0. The maximum atomic E-state index is 11.6. The fourth-order valence-corrected chi connectivity index (χ4v) is 2.50. The van der Waals surface area contributed by atoms with Gasteiger partial charge >= 0.3 is 5.97 Å². The van der Waals surface area contributed by atoms with Crippen molar-refractivity contribution in [2.75, 3.05) is 6.54 Å². The van der Waals surface area contributed by atoms with Crippen LogP contribution in [-0.4, -0.2) is 75.2 Å². The zero-order valence-corrected chi connectivity index (χ0v) is 14.7. The van der Waals surface area contributed by atoms with Gasteiger partial charge in [0.25, 0.3) is 0 Å². The van der Waals surface area contributed by atoms with Crippen molar-refractivity contribution in [3.05, 3.63) is 11.8 Å². The van der Waals surface area contributed by atoms with E-state index in [-0.39, 0.29) is 18.9 Å². The number of rotatable bonds is 9. The lowest BCUT2D eigenvalue weighted by Gasteiger charge is -2.38. The monoisotopic (exact) mass is 374 g/mol. The van der Waals surface area contributed by atoms with Crippen molar-refractivity contribution in [1.29, 1.82) is 0 Å². The second-order valence-corrected chi connectivity index (χ2v) is 6.10. The van der Waals surface area contributed by atoms with E-state index in [0.29, 0.717) is 6.42 Å². The first kappa shape index (κ1) is 21.9. The lowest BCUT2D eigenvalue weighted by Crippen LogP contribution is -2.60. The maximum absolute atomic E-state index is 11.6. The number of carboxylic acids is 1. The Morgan fingerprint density at radius 2 is 1.96 bits per heavy atom. The number of aliphatic hydroxyl groups excluding tert-OH is 3. The van der Waals surface area contributed by atoms with Crippen molar-refractivity contribution in [3.8, 4) is 0 Å². The molecule has 0 aromatic heterocycles. The first-order chi connectivity index (χ1) is 12.2. The molecule has 0 saturated heterocycles. The highest BCUT2D eigenvalue weighted by atomic mass is 16.5. The Kier molecular flexibility index (Phi) is 8.49. The Morgan fingerprint density at radius 1 is 1.31 bits per heavy atom. The maximum Gasteiger partial charge on any atom is 0.370 e. The molecule has 0 bridgehead atoms. The number of unbranched alkanes of at least 4 members (excludes halogenated alkanes) is 1. The van der Waals surface area contributed by atoms with Crippen LogP contribution in [0.5, 0.6) is 0 Å². The van der Waals surface area contributed by atoms with Gasteiger partial charge in [-0.1, -0.05) is 13.3 Å². The van der Waals surface area contributed by atoms with Crippen molar-refractivity contribution in [3.63, 3.8) is 0 Å². The van der Waals surface area contributed by atoms with Crippen LogP contribution in [0.25, 0.3) is 0 Å². The number of hydrogen-bond acceptors (Lipinski definition) is 7. The molecule has 0 fully saturated rings. The molecule has 1 aliphatic heterocycles. The predicted molar refractivity (Wildman–Crippen MR) is 88.8 cm³/mol. The van der Waals surface area contributed by atoms with Crippen LogP contribution in [0.4, 0.5) is 0 Å². The molecule has 1 heterocycles. The molecule has 0 radical (unpaired) electrons. The Hall–Kier alpha value is -2.17. The van der Waals surface area contributed by atoms with Gasteiger partial charge in [0, 0.05) is 19.9 Å². The molecule has 5 atom stereocenters. The highest BCUT2D eigenvalue weighted by Gasteiger charge is 2.43. The highest BCUT2D eigenvalue weighted by molar-refractivity contribution is 5.84. The highest BCUT2D eigenvalue weighted by Crippen LogP contribution is 2.22. The van der Waals surface area contributed by atoms with Crippen molar-refractivity contribution < 1.29 is 39.5 Å². The molecule has 2 amide bonds. The van der Waals surface area contributed by atoms with Crippen LogP contribution in [0, 0.1) is 0 Å². The van der Waals surface area contributed by atoms with Crippen molar-refractivity contribution in [1.82, 2.24) is 10.6 Å². The first-order valence-electron chi connectivity index (χ1n) is 8.37. The van der Waals surface area contributed by atoms with Gasteiger partial charge in [0.15, 0.2) is 6.10 Å². The van der Waals surface area contributed by atoms with Gasteiger partial charge in [-0.2, -0.15) is 0 Å². The lowest BCUT2D eigenvalue weighted by molar-refractivity contribution is -0.147. The zero-order chi connectivity index (χ0) is 19.9. The summed E-state index contributed by atoms with van der Waals surface area (Å²) in [6, 6.07) is -1.17. The Morgan fingerprint density at radius 3 is 2.50 bits per heavy atom. The van der Waals surface area contributed by atoms with Gasteiger partial charge in [-0.05, 0) is 12.5 Å². The second-order valence-electron chi connectivity index (χ2n) is 6.10. The van der Waals surface area contributed by atoms with Crippen LogP contribution in [0.3, 0.4) is 0 Å². The molecule has 0 saturated carbocycles. The number of carbonyl (C=O) groups excluding carboxylic acids is 2.